The fourth-order valence-electron chi connectivity index (χ4n) is 2.48. The van der Waals surface area contributed by atoms with Crippen LogP contribution in [0.5, 0.6) is 0 Å². The van der Waals surface area contributed by atoms with Gasteiger partial charge in [-0.15, -0.1) is 0 Å². The average Bonchev–Trinajstić information content (AvgIpc) is 2.48. The molecule has 0 saturated carbocycles. The van der Waals surface area contributed by atoms with Crippen LogP contribution >= 0.6 is 0 Å². The Labute approximate surface area is 121 Å². The molecular weight excluding hydrogens is 244 g/mol. The van der Waals surface area contributed by atoms with E-state index in [-0.39, 0.29) is 0 Å². The van der Waals surface area contributed by atoms with Gasteiger partial charge in [-0.1, -0.05) is 75.0 Å². The maximum atomic E-state index is 10.5. The van der Waals surface area contributed by atoms with Gasteiger partial charge in [-0.2, -0.15) is 0 Å². The SMILES string of the molecule is C=C(CC(O)c1ccccc1C(C)C)c1ccccc1. The molecule has 0 heterocycles. The van der Waals surface area contributed by atoms with Crippen LogP contribution in [0, 0.1) is 0 Å². The third-order valence-electron chi connectivity index (χ3n) is 3.60. The first-order valence-corrected chi connectivity index (χ1v) is 7.09. The summed E-state index contributed by atoms with van der Waals surface area (Å²) in [5, 5.41) is 10.5. The van der Waals surface area contributed by atoms with Gasteiger partial charge in [0, 0.05) is 6.42 Å². The molecule has 0 saturated heterocycles. The molecule has 1 N–H and O–H groups in total. The van der Waals surface area contributed by atoms with Gasteiger partial charge in [0.25, 0.3) is 0 Å². The van der Waals surface area contributed by atoms with Gasteiger partial charge in [0.2, 0.25) is 0 Å². The largest absolute Gasteiger partial charge is 0.388 e. The van der Waals surface area contributed by atoms with E-state index in [0.717, 1.165) is 16.7 Å². The minimum Gasteiger partial charge on any atom is -0.388 e. The molecule has 1 atom stereocenters. The van der Waals surface area contributed by atoms with E-state index in [1.807, 2.05) is 48.5 Å². The van der Waals surface area contributed by atoms with Crippen LogP contribution in [-0.4, -0.2) is 5.11 Å². The molecule has 0 fully saturated rings. The lowest BCUT2D eigenvalue weighted by Gasteiger charge is -2.19. The zero-order valence-electron chi connectivity index (χ0n) is 12.2. The normalized spacial score (nSPS) is 12.4. The molecule has 20 heavy (non-hydrogen) atoms. The quantitative estimate of drug-likeness (QED) is 0.812. The molecule has 0 aromatic heterocycles. The summed E-state index contributed by atoms with van der Waals surface area (Å²) in [6, 6.07) is 18.2. The van der Waals surface area contributed by atoms with Gasteiger partial charge < -0.3 is 5.11 Å². The van der Waals surface area contributed by atoms with E-state index in [9.17, 15) is 5.11 Å². The van der Waals surface area contributed by atoms with Crippen LogP contribution < -0.4 is 0 Å². The van der Waals surface area contributed by atoms with Gasteiger partial charge in [-0.25, -0.2) is 0 Å². The summed E-state index contributed by atoms with van der Waals surface area (Å²) in [5.41, 5.74) is 4.28. The minimum absolute atomic E-state index is 0.408. The summed E-state index contributed by atoms with van der Waals surface area (Å²) in [4.78, 5) is 0. The van der Waals surface area contributed by atoms with E-state index in [1.54, 1.807) is 0 Å². The van der Waals surface area contributed by atoms with Gasteiger partial charge in [0.1, 0.15) is 0 Å². The van der Waals surface area contributed by atoms with Crippen molar-refractivity contribution in [1.82, 2.24) is 0 Å². The Morgan fingerprint density at radius 3 is 2.10 bits per heavy atom. The van der Waals surface area contributed by atoms with Crippen molar-refractivity contribution in [3.63, 3.8) is 0 Å². The first-order chi connectivity index (χ1) is 9.59. The first-order valence-electron chi connectivity index (χ1n) is 7.09. The van der Waals surface area contributed by atoms with Crippen molar-refractivity contribution in [3.05, 3.63) is 77.9 Å². The van der Waals surface area contributed by atoms with Crippen molar-refractivity contribution < 1.29 is 5.11 Å². The van der Waals surface area contributed by atoms with Gasteiger partial charge in [0.05, 0.1) is 6.10 Å². The van der Waals surface area contributed by atoms with Crippen molar-refractivity contribution in [2.24, 2.45) is 0 Å². The number of rotatable bonds is 5. The second-order valence-corrected chi connectivity index (χ2v) is 5.47. The Bertz CT molecular complexity index is 569. The molecule has 0 bridgehead atoms. The third-order valence-corrected chi connectivity index (χ3v) is 3.60. The van der Waals surface area contributed by atoms with E-state index >= 15 is 0 Å². The van der Waals surface area contributed by atoms with Crippen molar-refractivity contribution in [3.8, 4) is 0 Å². The summed E-state index contributed by atoms with van der Waals surface area (Å²) in [5.74, 6) is 0.408. The predicted molar refractivity (Wildman–Crippen MR) is 85.6 cm³/mol. The van der Waals surface area contributed by atoms with Crippen LogP contribution in [-0.2, 0) is 0 Å². The summed E-state index contributed by atoms with van der Waals surface area (Å²) in [6.07, 6.45) is 0.0645. The highest BCUT2D eigenvalue weighted by atomic mass is 16.3. The molecular formula is C19H22O. The Morgan fingerprint density at radius 2 is 1.50 bits per heavy atom. The van der Waals surface area contributed by atoms with Gasteiger partial charge >= 0.3 is 0 Å². The zero-order valence-corrected chi connectivity index (χ0v) is 12.2. The Hall–Kier alpha value is -1.86. The molecule has 1 heteroatoms. The average molecular weight is 266 g/mol. The Morgan fingerprint density at radius 1 is 0.950 bits per heavy atom. The summed E-state index contributed by atoms with van der Waals surface area (Å²) in [6.45, 7) is 8.41. The van der Waals surface area contributed by atoms with Gasteiger partial charge in [0.15, 0.2) is 0 Å². The molecule has 0 aliphatic heterocycles. The van der Waals surface area contributed by atoms with E-state index in [2.05, 4.69) is 26.5 Å². The zero-order chi connectivity index (χ0) is 14.5. The van der Waals surface area contributed by atoms with Crippen molar-refractivity contribution >= 4 is 5.57 Å². The molecule has 0 aliphatic carbocycles. The van der Waals surface area contributed by atoms with Crippen LogP contribution in [0.3, 0.4) is 0 Å². The van der Waals surface area contributed by atoms with Crippen LogP contribution in [0.1, 0.15) is 49.0 Å². The van der Waals surface area contributed by atoms with Crippen LogP contribution in [0.2, 0.25) is 0 Å². The highest BCUT2D eigenvalue weighted by Crippen LogP contribution is 2.30. The predicted octanol–water partition coefficient (Wildman–Crippen LogP) is 4.95. The molecule has 2 aromatic carbocycles. The summed E-state index contributed by atoms with van der Waals surface area (Å²) in [7, 11) is 0. The standard InChI is InChI=1S/C19H22O/c1-14(2)17-11-7-8-12-18(17)19(20)13-15(3)16-9-5-4-6-10-16/h4-12,14,19-20H,3,13H2,1-2H3. The van der Waals surface area contributed by atoms with Crippen LogP contribution in [0.15, 0.2) is 61.2 Å². The highest BCUT2D eigenvalue weighted by Gasteiger charge is 2.15. The molecule has 0 aliphatic rings. The topological polar surface area (TPSA) is 20.2 Å². The lowest BCUT2D eigenvalue weighted by Crippen LogP contribution is -2.04. The van der Waals surface area contributed by atoms with Gasteiger partial charge in [-0.3, -0.25) is 0 Å². The fourth-order valence-corrected chi connectivity index (χ4v) is 2.48. The molecule has 2 aromatic rings. The number of hydrogen-bond donors (Lipinski definition) is 1. The van der Waals surface area contributed by atoms with Crippen LogP contribution in [0.25, 0.3) is 5.57 Å². The number of aliphatic hydroxyl groups is 1. The Kier molecular flexibility index (Phi) is 4.75. The molecule has 1 nitrogen and oxygen atoms in total. The van der Waals surface area contributed by atoms with E-state index in [4.69, 9.17) is 0 Å². The van der Waals surface area contributed by atoms with Crippen molar-refractivity contribution in [1.29, 1.82) is 0 Å². The first kappa shape index (κ1) is 14.5. The summed E-state index contributed by atoms with van der Waals surface area (Å²) >= 11 is 0. The highest BCUT2D eigenvalue weighted by molar-refractivity contribution is 5.63. The second kappa shape index (κ2) is 6.53. The molecule has 104 valence electrons. The van der Waals surface area contributed by atoms with E-state index in [0.29, 0.717) is 12.3 Å². The van der Waals surface area contributed by atoms with Crippen molar-refractivity contribution in [2.45, 2.75) is 32.3 Å². The maximum absolute atomic E-state index is 10.5. The molecule has 1 unspecified atom stereocenters. The number of benzene rings is 2. The maximum Gasteiger partial charge on any atom is 0.0833 e. The van der Waals surface area contributed by atoms with E-state index < -0.39 is 6.10 Å². The monoisotopic (exact) mass is 266 g/mol. The summed E-state index contributed by atoms with van der Waals surface area (Å²) < 4.78 is 0. The molecule has 0 amide bonds. The lowest BCUT2D eigenvalue weighted by atomic mass is 9.90. The second-order valence-electron chi connectivity index (χ2n) is 5.47. The molecule has 0 spiro atoms. The van der Waals surface area contributed by atoms with Gasteiger partial charge in [-0.05, 0) is 28.2 Å². The number of hydrogen-bond acceptors (Lipinski definition) is 1. The lowest BCUT2D eigenvalue weighted by molar-refractivity contribution is 0.182. The van der Waals surface area contributed by atoms with Crippen molar-refractivity contribution in [2.75, 3.05) is 0 Å². The fraction of sp³-hybridized carbons (Fsp3) is 0.263. The minimum atomic E-state index is -0.499. The smallest absolute Gasteiger partial charge is 0.0833 e. The molecule has 0 radical (unpaired) electrons. The van der Waals surface area contributed by atoms with E-state index in [1.165, 1.54) is 5.56 Å². The third kappa shape index (κ3) is 3.37. The Balaban J connectivity index is 2.17. The number of aliphatic hydroxyl groups excluding tert-OH is 1. The molecule has 2 rings (SSSR count). The van der Waals surface area contributed by atoms with Crippen LogP contribution in [0.4, 0.5) is 0 Å².